The fraction of sp³-hybridized carbons (Fsp3) is 0.444. The minimum atomic E-state index is 0.0112. The van der Waals surface area contributed by atoms with Crippen molar-refractivity contribution in [2.24, 2.45) is 0 Å². The van der Waals surface area contributed by atoms with Gasteiger partial charge in [0.25, 0.3) is 0 Å². The molecule has 0 amide bonds. The number of anilines is 1. The molecule has 1 heterocycles. The van der Waals surface area contributed by atoms with E-state index in [0.29, 0.717) is 0 Å². The molecule has 3 nitrogen and oxygen atoms in total. The van der Waals surface area contributed by atoms with E-state index in [1.54, 1.807) is 0 Å². The smallest absolute Gasteiger partial charge is 0.161 e. The quantitative estimate of drug-likeness (QED) is 0.908. The predicted octanol–water partition coefficient (Wildman–Crippen LogP) is 4.36. The Bertz CT molecular complexity index is 635. The summed E-state index contributed by atoms with van der Waals surface area (Å²) in [6, 6.07) is 10.8. The van der Waals surface area contributed by atoms with Crippen LogP contribution in [0.1, 0.15) is 50.8 Å². The Morgan fingerprint density at radius 1 is 1.05 bits per heavy atom. The molecular weight excluding hydrogens is 258 g/mol. The van der Waals surface area contributed by atoms with Crippen molar-refractivity contribution in [1.82, 2.24) is 9.97 Å². The molecular formula is C18H23N3. The Labute approximate surface area is 126 Å². The molecule has 1 N–H and O–H groups in total. The van der Waals surface area contributed by atoms with E-state index in [1.165, 1.54) is 18.4 Å². The molecule has 1 fully saturated rings. The number of benzene rings is 1. The number of aromatic nitrogens is 2. The molecule has 0 radical (unpaired) electrons. The van der Waals surface area contributed by atoms with Crippen LogP contribution in [0.2, 0.25) is 0 Å². The number of hydrogen-bond acceptors (Lipinski definition) is 3. The third-order valence-electron chi connectivity index (χ3n) is 3.97. The van der Waals surface area contributed by atoms with Gasteiger partial charge >= 0.3 is 0 Å². The average Bonchev–Trinajstić information content (AvgIpc) is 3.30. The van der Waals surface area contributed by atoms with Crippen LogP contribution < -0.4 is 5.32 Å². The summed E-state index contributed by atoms with van der Waals surface area (Å²) in [4.78, 5) is 9.37. The second-order valence-corrected chi connectivity index (χ2v) is 6.86. The maximum Gasteiger partial charge on any atom is 0.161 e. The van der Waals surface area contributed by atoms with Crippen LogP contribution in [0.3, 0.4) is 0 Å². The summed E-state index contributed by atoms with van der Waals surface area (Å²) in [5.41, 5.74) is 3.60. The van der Waals surface area contributed by atoms with Gasteiger partial charge in [0.05, 0.1) is 5.69 Å². The Hall–Kier alpha value is -1.90. The van der Waals surface area contributed by atoms with Crippen LogP contribution in [0.25, 0.3) is 11.4 Å². The van der Waals surface area contributed by atoms with Crippen molar-refractivity contribution < 1.29 is 0 Å². The Balaban J connectivity index is 1.99. The first-order chi connectivity index (χ1) is 9.97. The van der Waals surface area contributed by atoms with Gasteiger partial charge in [-0.05, 0) is 24.3 Å². The van der Waals surface area contributed by atoms with Crippen molar-refractivity contribution in [3.8, 4) is 11.4 Å². The van der Waals surface area contributed by atoms with Crippen LogP contribution in [0.5, 0.6) is 0 Å². The molecule has 1 aliphatic rings. The van der Waals surface area contributed by atoms with Gasteiger partial charge in [-0.3, -0.25) is 0 Å². The highest BCUT2D eigenvalue weighted by molar-refractivity contribution is 5.58. The highest BCUT2D eigenvalue weighted by atomic mass is 15.0. The lowest BCUT2D eigenvalue weighted by Gasteiger charge is -2.19. The standard InChI is InChI=1S/C18H23N3/c1-18(2,3)15-11-16(19-4)21-17(20-15)14-9-7-13(8-10-14)12-5-6-12/h7-12H,5-6H2,1-4H3,(H,19,20,21). The van der Waals surface area contributed by atoms with E-state index < -0.39 is 0 Å². The van der Waals surface area contributed by atoms with Gasteiger partial charge in [0.15, 0.2) is 5.82 Å². The van der Waals surface area contributed by atoms with Crippen molar-refractivity contribution in [1.29, 1.82) is 0 Å². The minimum absolute atomic E-state index is 0.0112. The zero-order valence-electron chi connectivity index (χ0n) is 13.3. The van der Waals surface area contributed by atoms with Gasteiger partial charge < -0.3 is 5.32 Å². The lowest BCUT2D eigenvalue weighted by Crippen LogP contribution is -2.15. The molecule has 1 saturated carbocycles. The van der Waals surface area contributed by atoms with Gasteiger partial charge in [-0.1, -0.05) is 45.0 Å². The van der Waals surface area contributed by atoms with Crippen LogP contribution in [-0.2, 0) is 5.41 Å². The summed E-state index contributed by atoms with van der Waals surface area (Å²) in [6.07, 6.45) is 2.67. The molecule has 2 aromatic rings. The summed E-state index contributed by atoms with van der Waals surface area (Å²) in [5.74, 6) is 2.46. The Kier molecular flexibility index (Phi) is 3.44. The maximum atomic E-state index is 4.76. The van der Waals surface area contributed by atoms with Crippen molar-refractivity contribution in [3.63, 3.8) is 0 Å². The number of rotatable bonds is 3. The molecule has 0 aliphatic heterocycles. The van der Waals surface area contributed by atoms with E-state index in [9.17, 15) is 0 Å². The molecule has 21 heavy (non-hydrogen) atoms. The Morgan fingerprint density at radius 2 is 1.71 bits per heavy atom. The highest BCUT2D eigenvalue weighted by Gasteiger charge is 2.23. The monoisotopic (exact) mass is 281 g/mol. The number of nitrogens with one attached hydrogen (secondary N) is 1. The lowest BCUT2D eigenvalue weighted by atomic mass is 9.91. The molecule has 3 heteroatoms. The second-order valence-electron chi connectivity index (χ2n) is 6.86. The summed E-state index contributed by atoms with van der Waals surface area (Å²) >= 11 is 0. The van der Waals surface area contributed by atoms with E-state index in [2.05, 4.69) is 55.3 Å². The molecule has 1 aliphatic carbocycles. The summed E-state index contributed by atoms with van der Waals surface area (Å²) in [5, 5.41) is 3.14. The SMILES string of the molecule is CNc1cc(C(C)(C)C)nc(-c2ccc(C3CC3)cc2)n1. The first-order valence-corrected chi connectivity index (χ1v) is 7.65. The summed E-state index contributed by atoms with van der Waals surface area (Å²) < 4.78 is 0. The van der Waals surface area contributed by atoms with Crippen molar-refractivity contribution >= 4 is 5.82 Å². The fourth-order valence-corrected chi connectivity index (χ4v) is 2.41. The first-order valence-electron chi connectivity index (χ1n) is 7.65. The van der Waals surface area contributed by atoms with E-state index in [-0.39, 0.29) is 5.41 Å². The van der Waals surface area contributed by atoms with Gasteiger partial charge in [0, 0.05) is 24.1 Å². The molecule has 0 spiro atoms. The zero-order valence-corrected chi connectivity index (χ0v) is 13.3. The van der Waals surface area contributed by atoms with Crippen LogP contribution >= 0.6 is 0 Å². The van der Waals surface area contributed by atoms with Crippen LogP contribution in [0.15, 0.2) is 30.3 Å². The van der Waals surface area contributed by atoms with Crippen LogP contribution in [0, 0.1) is 0 Å². The molecule has 110 valence electrons. The van der Waals surface area contributed by atoms with E-state index in [4.69, 9.17) is 4.98 Å². The predicted molar refractivity (Wildman–Crippen MR) is 87.7 cm³/mol. The molecule has 1 aromatic heterocycles. The fourth-order valence-electron chi connectivity index (χ4n) is 2.41. The summed E-state index contributed by atoms with van der Waals surface area (Å²) in [7, 11) is 1.90. The van der Waals surface area contributed by atoms with Crippen molar-refractivity contribution in [2.75, 3.05) is 12.4 Å². The van der Waals surface area contributed by atoms with Crippen LogP contribution in [0.4, 0.5) is 5.82 Å². The van der Waals surface area contributed by atoms with Crippen LogP contribution in [-0.4, -0.2) is 17.0 Å². The van der Waals surface area contributed by atoms with Crippen molar-refractivity contribution in [3.05, 3.63) is 41.6 Å². The Morgan fingerprint density at radius 3 is 2.24 bits per heavy atom. The average molecular weight is 281 g/mol. The highest BCUT2D eigenvalue weighted by Crippen LogP contribution is 2.40. The van der Waals surface area contributed by atoms with E-state index in [0.717, 1.165) is 28.8 Å². The van der Waals surface area contributed by atoms with Gasteiger partial charge in [-0.2, -0.15) is 0 Å². The topological polar surface area (TPSA) is 37.8 Å². The molecule has 0 atom stereocenters. The number of hydrogen-bond donors (Lipinski definition) is 1. The summed E-state index contributed by atoms with van der Waals surface area (Å²) in [6.45, 7) is 6.53. The maximum absolute atomic E-state index is 4.76. The van der Waals surface area contributed by atoms with E-state index >= 15 is 0 Å². The minimum Gasteiger partial charge on any atom is -0.373 e. The van der Waals surface area contributed by atoms with E-state index in [1.807, 2.05) is 13.1 Å². The molecule has 0 saturated heterocycles. The largest absolute Gasteiger partial charge is 0.373 e. The molecule has 0 unspecified atom stereocenters. The lowest BCUT2D eigenvalue weighted by molar-refractivity contribution is 0.568. The first kappa shape index (κ1) is 14.1. The normalized spacial score (nSPS) is 15.0. The molecule has 0 bridgehead atoms. The third kappa shape index (κ3) is 3.07. The second kappa shape index (κ2) is 5.14. The van der Waals surface area contributed by atoms with Gasteiger partial charge in [0.2, 0.25) is 0 Å². The van der Waals surface area contributed by atoms with Gasteiger partial charge in [0.1, 0.15) is 5.82 Å². The van der Waals surface area contributed by atoms with Gasteiger partial charge in [-0.15, -0.1) is 0 Å². The van der Waals surface area contributed by atoms with Gasteiger partial charge in [-0.25, -0.2) is 9.97 Å². The molecule has 1 aromatic carbocycles. The number of nitrogens with zero attached hydrogens (tertiary/aromatic N) is 2. The zero-order chi connectivity index (χ0) is 15.0. The third-order valence-corrected chi connectivity index (χ3v) is 3.97. The van der Waals surface area contributed by atoms with Crippen molar-refractivity contribution in [2.45, 2.75) is 44.9 Å². The molecule has 3 rings (SSSR count).